The van der Waals surface area contributed by atoms with Crippen molar-refractivity contribution in [2.75, 3.05) is 12.4 Å². The molecule has 0 bridgehead atoms. The van der Waals surface area contributed by atoms with E-state index < -0.39 is 0 Å². The van der Waals surface area contributed by atoms with E-state index in [1.54, 1.807) is 18.3 Å². The summed E-state index contributed by atoms with van der Waals surface area (Å²) in [4.78, 5) is 21.1. The van der Waals surface area contributed by atoms with Crippen LogP contribution in [0.25, 0.3) is 11.1 Å². The number of carbonyl (C=O) groups excluding carboxylic acids is 1. The molecule has 0 saturated carbocycles. The molecule has 4 aromatic rings. The molecule has 0 saturated heterocycles. The number of carbonyl (C=O) groups is 1. The molecule has 9 nitrogen and oxygen atoms in total. The van der Waals surface area contributed by atoms with Crippen molar-refractivity contribution in [2.24, 2.45) is 0 Å². The minimum atomic E-state index is -0.383. The molecule has 0 aliphatic rings. The quantitative estimate of drug-likeness (QED) is 0.360. The lowest BCUT2D eigenvalue weighted by atomic mass is 10.0. The number of amides is 1. The standard InChI is InChI=1S/C20H14ClN7O2S/c1-11-7-12(26-25-11)3-4-18-27-28-20(31-18)24-19(29)13-5-6-22-9-15(13)14-8-17(21)23-10-16(14)30-2/h5-10H,1-2H3,(H,25,26)(H,24,28,29). The highest BCUT2D eigenvalue weighted by Gasteiger charge is 2.18. The maximum atomic E-state index is 12.9. The third kappa shape index (κ3) is 4.69. The van der Waals surface area contributed by atoms with Crippen LogP contribution in [0.2, 0.25) is 5.15 Å². The maximum Gasteiger partial charge on any atom is 0.258 e. The van der Waals surface area contributed by atoms with Gasteiger partial charge in [-0.1, -0.05) is 22.9 Å². The van der Waals surface area contributed by atoms with Gasteiger partial charge in [-0.05, 0) is 37.0 Å². The van der Waals surface area contributed by atoms with E-state index in [1.165, 1.54) is 19.5 Å². The Morgan fingerprint density at radius 3 is 2.87 bits per heavy atom. The molecule has 0 aliphatic heterocycles. The van der Waals surface area contributed by atoms with Crippen LogP contribution in [0.3, 0.4) is 0 Å². The monoisotopic (exact) mass is 451 g/mol. The molecule has 4 aromatic heterocycles. The summed E-state index contributed by atoms with van der Waals surface area (Å²) in [5.74, 6) is 5.85. The predicted octanol–water partition coefficient (Wildman–Crippen LogP) is 3.34. The number of ether oxygens (including phenoxy) is 1. The van der Waals surface area contributed by atoms with Crippen LogP contribution in [-0.2, 0) is 0 Å². The highest BCUT2D eigenvalue weighted by atomic mass is 35.5. The third-order valence-electron chi connectivity index (χ3n) is 4.06. The molecule has 4 rings (SSSR count). The van der Waals surface area contributed by atoms with E-state index in [2.05, 4.69) is 47.5 Å². The van der Waals surface area contributed by atoms with Gasteiger partial charge in [0.05, 0.1) is 18.9 Å². The molecule has 0 spiro atoms. The summed E-state index contributed by atoms with van der Waals surface area (Å²) < 4.78 is 5.35. The van der Waals surface area contributed by atoms with Crippen LogP contribution in [0.15, 0.2) is 36.8 Å². The van der Waals surface area contributed by atoms with Crippen LogP contribution < -0.4 is 10.1 Å². The number of aromatic nitrogens is 6. The Morgan fingerprint density at radius 1 is 1.23 bits per heavy atom. The summed E-state index contributed by atoms with van der Waals surface area (Å²) in [5, 5.41) is 18.6. The van der Waals surface area contributed by atoms with E-state index in [9.17, 15) is 4.79 Å². The van der Waals surface area contributed by atoms with Gasteiger partial charge in [-0.3, -0.25) is 20.2 Å². The fourth-order valence-electron chi connectivity index (χ4n) is 2.69. The number of hydrogen-bond donors (Lipinski definition) is 2. The highest BCUT2D eigenvalue weighted by Crippen LogP contribution is 2.33. The Kier molecular flexibility index (Phi) is 5.88. The van der Waals surface area contributed by atoms with Crippen LogP contribution in [0.5, 0.6) is 5.75 Å². The summed E-state index contributed by atoms with van der Waals surface area (Å²) in [6, 6.07) is 5.03. The molecule has 31 heavy (non-hydrogen) atoms. The molecule has 0 unspecified atom stereocenters. The minimum Gasteiger partial charge on any atom is -0.494 e. The highest BCUT2D eigenvalue weighted by molar-refractivity contribution is 7.15. The topological polar surface area (TPSA) is 119 Å². The van der Waals surface area contributed by atoms with Crippen LogP contribution in [-0.4, -0.2) is 43.4 Å². The van der Waals surface area contributed by atoms with Gasteiger partial charge in [-0.25, -0.2) is 4.98 Å². The van der Waals surface area contributed by atoms with Gasteiger partial charge < -0.3 is 4.74 Å². The Morgan fingerprint density at radius 2 is 2.10 bits per heavy atom. The number of rotatable bonds is 4. The lowest BCUT2D eigenvalue weighted by Crippen LogP contribution is -2.13. The average Bonchev–Trinajstić information content (AvgIpc) is 3.40. The largest absolute Gasteiger partial charge is 0.494 e. The lowest BCUT2D eigenvalue weighted by Gasteiger charge is -2.12. The maximum absolute atomic E-state index is 12.9. The molecule has 0 aromatic carbocycles. The lowest BCUT2D eigenvalue weighted by molar-refractivity contribution is 0.102. The zero-order valence-electron chi connectivity index (χ0n) is 16.3. The Balaban J connectivity index is 1.58. The Hall–Kier alpha value is -3.81. The number of aryl methyl sites for hydroxylation is 1. The van der Waals surface area contributed by atoms with Crippen molar-refractivity contribution in [2.45, 2.75) is 6.92 Å². The first kappa shape index (κ1) is 20.5. The van der Waals surface area contributed by atoms with E-state index in [-0.39, 0.29) is 11.1 Å². The molecule has 2 N–H and O–H groups in total. The number of halogens is 1. The van der Waals surface area contributed by atoms with Crippen LogP contribution in [0.4, 0.5) is 5.13 Å². The molecule has 154 valence electrons. The van der Waals surface area contributed by atoms with E-state index >= 15 is 0 Å². The van der Waals surface area contributed by atoms with Gasteiger partial charge in [0.1, 0.15) is 16.6 Å². The van der Waals surface area contributed by atoms with Gasteiger partial charge in [-0.15, -0.1) is 10.2 Å². The van der Waals surface area contributed by atoms with Gasteiger partial charge in [0.2, 0.25) is 5.13 Å². The van der Waals surface area contributed by atoms with Crippen molar-refractivity contribution in [3.63, 3.8) is 0 Å². The minimum absolute atomic E-state index is 0.269. The van der Waals surface area contributed by atoms with Crippen molar-refractivity contribution in [1.29, 1.82) is 0 Å². The number of nitrogens with one attached hydrogen (secondary N) is 2. The van der Waals surface area contributed by atoms with E-state index in [0.29, 0.717) is 38.3 Å². The molecule has 0 atom stereocenters. The first-order valence-electron chi connectivity index (χ1n) is 8.86. The van der Waals surface area contributed by atoms with Gasteiger partial charge in [0, 0.05) is 29.2 Å². The van der Waals surface area contributed by atoms with E-state index in [1.807, 2.05) is 13.0 Å². The number of pyridine rings is 2. The van der Waals surface area contributed by atoms with Crippen molar-refractivity contribution in [3.8, 4) is 28.7 Å². The predicted molar refractivity (Wildman–Crippen MR) is 116 cm³/mol. The SMILES string of the molecule is COc1cnc(Cl)cc1-c1cnccc1C(=O)Nc1nnc(C#Cc2cc(C)[nH]n2)s1. The zero-order valence-corrected chi connectivity index (χ0v) is 17.9. The molecular weight excluding hydrogens is 438 g/mol. The molecule has 4 heterocycles. The normalized spacial score (nSPS) is 10.3. The van der Waals surface area contributed by atoms with Gasteiger partial charge in [0.15, 0.2) is 5.01 Å². The number of nitrogens with zero attached hydrogens (tertiary/aromatic N) is 5. The number of aromatic amines is 1. The molecule has 11 heteroatoms. The number of hydrogen-bond acceptors (Lipinski definition) is 8. The smallest absolute Gasteiger partial charge is 0.258 e. The van der Waals surface area contributed by atoms with E-state index in [4.69, 9.17) is 16.3 Å². The third-order valence-corrected chi connectivity index (χ3v) is 5.02. The van der Waals surface area contributed by atoms with Crippen LogP contribution in [0, 0.1) is 18.8 Å². The Labute approximate surface area is 185 Å². The number of anilines is 1. The fraction of sp³-hybridized carbons (Fsp3) is 0.100. The number of H-pyrrole nitrogens is 1. The van der Waals surface area contributed by atoms with Gasteiger partial charge in [0.25, 0.3) is 5.91 Å². The summed E-state index contributed by atoms with van der Waals surface area (Å²) >= 11 is 7.20. The first-order chi connectivity index (χ1) is 15.0. The first-order valence-corrected chi connectivity index (χ1v) is 10.1. The second kappa shape index (κ2) is 8.91. The van der Waals surface area contributed by atoms with Crippen molar-refractivity contribution < 1.29 is 9.53 Å². The van der Waals surface area contributed by atoms with E-state index in [0.717, 1.165) is 17.0 Å². The number of methoxy groups -OCH3 is 1. The van der Waals surface area contributed by atoms with Crippen molar-refractivity contribution in [1.82, 2.24) is 30.4 Å². The molecule has 0 radical (unpaired) electrons. The van der Waals surface area contributed by atoms with Crippen molar-refractivity contribution in [3.05, 3.63) is 63.9 Å². The van der Waals surface area contributed by atoms with Crippen molar-refractivity contribution >= 4 is 34.0 Å². The second-order valence-electron chi connectivity index (χ2n) is 6.18. The summed E-state index contributed by atoms with van der Waals surface area (Å²) in [6.07, 6.45) is 4.57. The van der Waals surface area contributed by atoms with Gasteiger partial charge in [-0.2, -0.15) is 5.10 Å². The molecular formula is C20H14ClN7O2S. The molecule has 0 aliphatic carbocycles. The Bertz CT molecular complexity index is 1320. The average molecular weight is 452 g/mol. The summed E-state index contributed by atoms with van der Waals surface area (Å²) in [5.41, 5.74) is 3.02. The second-order valence-corrected chi connectivity index (χ2v) is 7.55. The van der Waals surface area contributed by atoms with Crippen LogP contribution in [0.1, 0.15) is 26.8 Å². The molecule has 0 fully saturated rings. The fourth-order valence-corrected chi connectivity index (χ4v) is 3.44. The summed E-state index contributed by atoms with van der Waals surface area (Å²) in [7, 11) is 1.51. The van der Waals surface area contributed by atoms with Gasteiger partial charge >= 0.3 is 0 Å². The zero-order chi connectivity index (χ0) is 21.8. The molecule has 1 amide bonds. The summed E-state index contributed by atoms with van der Waals surface area (Å²) in [6.45, 7) is 1.89. The van der Waals surface area contributed by atoms with Crippen LogP contribution >= 0.6 is 22.9 Å².